The number of nitro benzene ring substituents is 1. The van der Waals surface area contributed by atoms with Crippen LogP contribution < -0.4 is 5.43 Å². The van der Waals surface area contributed by atoms with Crippen molar-refractivity contribution in [3.8, 4) is 11.3 Å². The zero-order chi connectivity index (χ0) is 22.1. The van der Waals surface area contributed by atoms with Gasteiger partial charge in [-0.25, -0.2) is 0 Å². The van der Waals surface area contributed by atoms with E-state index >= 15 is 0 Å². The molecule has 0 spiro atoms. The van der Waals surface area contributed by atoms with E-state index in [1.165, 1.54) is 35.6 Å². The molecule has 0 atom stereocenters. The molecule has 0 aliphatic carbocycles. The lowest BCUT2D eigenvalue weighted by atomic mass is 10.1. The first-order valence-electron chi connectivity index (χ1n) is 8.50. The summed E-state index contributed by atoms with van der Waals surface area (Å²) in [4.78, 5) is 36.3. The maximum Gasteiger partial charge on any atom is 0.285 e. The number of hydrogen-bond acceptors (Lipinski definition) is 8. The molecule has 0 unspecified atom stereocenters. The minimum atomic E-state index is -0.551. The highest BCUT2D eigenvalue weighted by molar-refractivity contribution is 8.26. The Morgan fingerprint density at radius 3 is 2.81 bits per heavy atom. The lowest BCUT2D eigenvalue weighted by molar-refractivity contribution is -0.384. The van der Waals surface area contributed by atoms with E-state index in [0.717, 1.165) is 16.8 Å². The molecule has 1 aliphatic heterocycles. The monoisotopic (exact) mass is 491 g/mol. The molecule has 31 heavy (non-hydrogen) atoms. The van der Waals surface area contributed by atoms with Gasteiger partial charge in [-0.05, 0) is 47.9 Å². The number of amides is 2. The predicted octanol–water partition coefficient (Wildman–Crippen LogP) is 5.12. The summed E-state index contributed by atoms with van der Waals surface area (Å²) in [6.07, 6.45) is 1.46. The van der Waals surface area contributed by atoms with E-state index in [1.807, 2.05) is 0 Å². The van der Waals surface area contributed by atoms with Gasteiger partial charge in [0.05, 0.1) is 20.3 Å². The maximum atomic E-state index is 12.7. The molecule has 8 nitrogen and oxygen atoms in total. The Morgan fingerprint density at radius 1 is 1.29 bits per heavy atom. The topological polar surface area (TPSA) is 106 Å². The second-order valence-corrected chi connectivity index (χ2v) is 9.12. The highest BCUT2D eigenvalue weighted by Crippen LogP contribution is 2.36. The van der Waals surface area contributed by atoms with Crippen LogP contribution >= 0.6 is 46.9 Å². The van der Waals surface area contributed by atoms with Crippen molar-refractivity contribution in [2.45, 2.75) is 0 Å². The zero-order valence-corrected chi connectivity index (χ0v) is 18.4. The molecule has 1 saturated heterocycles. The van der Waals surface area contributed by atoms with Gasteiger partial charge in [-0.3, -0.25) is 25.1 Å². The number of nitro groups is 1. The van der Waals surface area contributed by atoms with Crippen LogP contribution in [-0.4, -0.2) is 26.1 Å². The molecular weight excluding hydrogens is 482 g/mol. The Hall–Kier alpha value is -2.99. The van der Waals surface area contributed by atoms with E-state index in [9.17, 15) is 19.7 Å². The van der Waals surface area contributed by atoms with E-state index in [-0.39, 0.29) is 31.3 Å². The molecule has 156 valence electrons. The number of furan rings is 1. The Balaban J connectivity index is 1.56. The molecule has 1 aliphatic rings. The smallest absolute Gasteiger partial charge is 0.285 e. The van der Waals surface area contributed by atoms with E-state index in [2.05, 4.69) is 5.43 Å². The van der Waals surface area contributed by atoms with Gasteiger partial charge < -0.3 is 4.42 Å². The first-order chi connectivity index (χ1) is 14.8. The standard InChI is InChI=1S/C19H10ClN3O5S3/c20-10-3-5-12(13(8-10)23(26)27)14-6-4-11(28-14)9-16-18(25)22(19(29)31-16)21-17(24)15-2-1-7-30-15/h1-9H,(H,21,24)/b16-9+. The third kappa shape index (κ3) is 4.39. The summed E-state index contributed by atoms with van der Waals surface area (Å²) in [5.74, 6) is -0.404. The van der Waals surface area contributed by atoms with Crippen molar-refractivity contribution >= 4 is 74.8 Å². The Labute approximate surface area is 193 Å². The van der Waals surface area contributed by atoms with Crippen LogP contribution in [0.3, 0.4) is 0 Å². The number of thioether (sulfide) groups is 1. The molecular formula is C19H10ClN3O5S3. The second-order valence-electron chi connectivity index (χ2n) is 6.06. The molecule has 0 bridgehead atoms. The number of nitrogens with zero attached hydrogens (tertiary/aromatic N) is 2. The van der Waals surface area contributed by atoms with Crippen LogP contribution in [0.2, 0.25) is 5.02 Å². The van der Waals surface area contributed by atoms with Crippen molar-refractivity contribution in [1.29, 1.82) is 0 Å². The molecule has 2 amide bonds. The number of halogens is 1. The summed E-state index contributed by atoms with van der Waals surface area (Å²) in [7, 11) is 0. The van der Waals surface area contributed by atoms with E-state index in [0.29, 0.717) is 10.6 Å². The molecule has 3 aromatic rings. The van der Waals surface area contributed by atoms with Crippen molar-refractivity contribution < 1.29 is 18.9 Å². The highest BCUT2D eigenvalue weighted by atomic mass is 35.5. The summed E-state index contributed by atoms with van der Waals surface area (Å²) in [6.45, 7) is 0. The largest absolute Gasteiger partial charge is 0.456 e. The number of hydrogen-bond donors (Lipinski definition) is 1. The van der Waals surface area contributed by atoms with Crippen LogP contribution in [0.5, 0.6) is 0 Å². The fraction of sp³-hybridized carbons (Fsp3) is 0. The molecule has 0 radical (unpaired) electrons. The van der Waals surface area contributed by atoms with Gasteiger partial charge in [0.25, 0.3) is 17.5 Å². The fourth-order valence-electron chi connectivity index (χ4n) is 2.70. The van der Waals surface area contributed by atoms with Gasteiger partial charge >= 0.3 is 0 Å². The highest BCUT2D eigenvalue weighted by Gasteiger charge is 2.34. The lowest BCUT2D eigenvalue weighted by Gasteiger charge is -2.14. The van der Waals surface area contributed by atoms with Crippen LogP contribution in [-0.2, 0) is 4.79 Å². The first-order valence-corrected chi connectivity index (χ1v) is 11.0. The van der Waals surface area contributed by atoms with Crippen molar-refractivity contribution in [3.63, 3.8) is 0 Å². The lowest BCUT2D eigenvalue weighted by Crippen LogP contribution is -2.44. The van der Waals surface area contributed by atoms with Gasteiger partial charge in [0.1, 0.15) is 11.5 Å². The molecule has 1 aromatic carbocycles. The molecule has 4 rings (SSSR count). The molecule has 1 fully saturated rings. The van der Waals surface area contributed by atoms with Crippen molar-refractivity contribution in [2.75, 3.05) is 0 Å². The summed E-state index contributed by atoms with van der Waals surface area (Å²) < 4.78 is 5.85. The number of hydrazine groups is 1. The average Bonchev–Trinajstić information content (AvgIpc) is 3.47. The molecule has 12 heteroatoms. The fourth-order valence-corrected chi connectivity index (χ4v) is 4.64. The van der Waals surface area contributed by atoms with Crippen LogP contribution in [0.15, 0.2) is 57.2 Å². The number of nitrogens with one attached hydrogen (secondary N) is 1. The summed E-state index contributed by atoms with van der Waals surface area (Å²) in [5, 5.41) is 14.3. The normalized spacial score (nSPS) is 15.0. The zero-order valence-electron chi connectivity index (χ0n) is 15.2. The number of thiophene rings is 1. The Morgan fingerprint density at radius 2 is 2.10 bits per heavy atom. The third-order valence-electron chi connectivity index (χ3n) is 4.07. The van der Waals surface area contributed by atoms with Gasteiger partial charge in [0.15, 0.2) is 4.32 Å². The minimum Gasteiger partial charge on any atom is -0.456 e. The van der Waals surface area contributed by atoms with E-state index in [4.69, 9.17) is 28.2 Å². The summed E-state index contributed by atoms with van der Waals surface area (Å²) in [5.41, 5.74) is 2.54. The molecule has 0 saturated carbocycles. The SMILES string of the molecule is O=C(NN1C(=O)/C(=C\c2ccc(-c3ccc(Cl)cc3[N+](=O)[O-])o2)SC1=S)c1cccs1. The van der Waals surface area contributed by atoms with Crippen molar-refractivity contribution in [2.24, 2.45) is 0 Å². The number of carbonyl (C=O) groups is 2. The molecule has 1 N–H and O–H groups in total. The second kappa shape index (κ2) is 8.63. The maximum absolute atomic E-state index is 12.7. The number of thiocarbonyl (C=S) groups is 1. The number of benzene rings is 1. The van der Waals surface area contributed by atoms with E-state index in [1.54, 1.807) is 29.6 Å². The first kappa shape index (κ1) is 21.2. The van der Waals surface area contributed by atoms with Gasteiger partial charge in [0, 0.05) is 17.2 Å². The molecule has 2 aromatic heterocycles. The molecule has 3 heterocycles. The summed E-state index contributed by atoms with van der Waals surface area (Å²) in [6, 6.07) is 10.7. The predicted molar refractivity (Wildman–Crippen MR) is 123 cm³/mol. The van der Waals surface area contributed by atoms with Crippen LogP contribution in [0.4, 0.5) is 5.69 Å². The van der Waals surface area contributed by atoms with Gasteiger partial charge in [-0.2, -0.15) is 5.01 Å². The average molecular weight is 492 g/mol. The van der Waals surface area contributed by atoms with Gasteiger partial charge in [-0.1, -0.05) is 29.4 Å². The number of carbonyl (C=O) groups excluding carboxylic acids is 2. The quantitative estimate of drug-likeness (QED) is 0.228. The van der Waals surface area contributed by atoms with Crippen molar-refractivity contribution in [3.05, 3.63) is 78.5 Å². The van der Waals surface area contributed by atoms with Crippen LogP contribution in [0.1, 0.15) is 15.4 Å². The van der Waals surface area contributed by atoms with Gasteiger partial charge in [-0.15, -0.1) is 11.3 Å². The van der Waals surface area contributed by atoms with Gasteiger partial charge in [0.2, 0.25) is 0 Å². The van der Waals surface area contributed by atoms with Crippen molar-refractivity contribution in [1.82, 2.24) is 10.4 Å². The number of rotatable bonds is 5. The Bertz CT molecular complexity index is 1250. The Kier molecular flexibility index (Phi) is 5.92. The third-order valence-corrected chi connectivity index (χ3v) is 6.48. The van der Waals surface area contributed by atoms with Crippen LogP contribution in [0, 0.1) is 10.1 Å². The minimum absolute atomic E-state index is 0.168. The van der Waals surface area contributed by atoms with Crippen LogP contribution in [0.25, 0.3) is 17.4 Å². The summed E-state index contributed by atoms with van der Waals surface area (Å²) >= 11 is 13.3. The van der Waals surface area contributed by atoms with E-state index < -0.39 is 16.7 Å².